The lowest BCUT2D eigenvalue weighted by Gasteiger charge is -2.14. The number of imidazole rings is 1. The van der Waals surface area contributed by atoms with Crippen LogP contribution in [-0.4, -0.2) is 45.2 Å². The molecule has 1 N–H and O–H groups in total. The van der Waals surface area contributed by atoms with Crippen LogP contribution in [0.3, 0.4) is 0 Å². The Kier molecular flexibility index (Phi) is 5.67. The van der Waals surface area contributed by atoms with Crippen molar-refractivity contribution in [3.8, 4) is 16.9 Å². The highest BCUT2D eigenvalue weighted by atomic mass is 19.1. The first-order valence-corrected chi connectivity index (χ1v) is 10.4. The van der Waals surface area contributed by atoms with Gasteiger partial charge < -0.3 is 19.3 Å². The molecule has 1 aromatic carbocycles. The van der Waals surface area contributed by atoms with E-state index in [9.17, 15) is 9.18 Å². The number of benzene rings is 1. The Morgan fingerprint density at radius 2 is 2.09 bits per heavy atom. The number of amides is 1. The van der Waals surface area contributed by atoms with Gasteiger partial charge in [0.2, 0.25) is 5.95 Å². The van der Waals surface area contributed by atoms with Gasteiger partial charge in [-0.1, -0.05) is 23.4 Å². The van der Waals surface area contributed by atoms with E-state index in [2.05, 4.69) is 20.4 Å². The summed E-state index contributed by atoms with van der Waals surface area (Å²) < 4.78 is 20.9. The Labute approximate surface area is 188 Å². The van der Waals surface area contributed by atoms with Crippen LogP contribution >= 0.6 is 0 Å². The number of rotatable bonds is 7. The molecule has 0 bridgehead atoms. The molecule has 0 fully saturated rings. The molecule has 0 aliphatic carbocycles. The number of para-hydroxylation sites is 1. The molecule has 0 spiro atoms. The molecule has 9 heteroatoms. The van der Waals surface area contributed by atoms with Crippen molar-refractivity contribution in [1.82, 2.24) is 19.7 Å². The van der Waals surface area contributed by atoms with Crippen molar-refractivity contribution in [2.75, 3.05) is 13.2 Å². The third-order valence-electron chi connectivity index (χ3n) is 5.25. The first-order chi connectivity index (χ1) is 16.2. The Bertz CT molecular complexity index is 1320. The monoisotopic (exact) mass is 445 g/mol. The van der Waals surface area contributed by atoms with E-state index in [0.29, 0.717) is 17.7 Å². The number of oxime groups is 1. The molecular weight excluding hydrogens is 425 g/mol. The minimum atomic E-state index is -0.532. The first-order valence-electron chi connectivity index (χ1n) is 10.4. The maximum Gasteiger partial charge on any atom is 0.253 e. The van der Waals surface area contributed by atoms with Crippen molar-refractivity contribution in [3.63, 3.8) is 0 Å². The van der Waals surface area contributed by atoms with Gasteiger partial charge in [-0.2, -0.15) is 4.39 Å². The Balaban J connectivity index is 1.14. The van der Waals surface area contributed by atoms with Gasteiger partial charge in [0.15, 0.2) is 6.10 Å². The molecule has 4 aromatic rings. The van der Waals surface area contributed by atoms with Crippen LogP contribution in [0.4, 0.5) is 4.39 Å². The van der Waals surface area contributed by atoms with Crippen molar-refractivity contribution in [1.29, 1.82) is 0 Å². The quantitative estimate of drug-likeness (QED) is 0.440. The van der Waals surface area contributed by atoms with Gasteiger partial charge in [0, 0.05) is 42.3 Å². The highest BCUT2D eigenvalue weighted by Crippen LogP contribution is 2.29. The van der Waals surface area contributed by atoms with Crippen LogP contribution < -0.4 is 10.1 Å². The van der Waals surface area contributed by atoms with Gasteiger partial charge in [0.05, 0.1) is 17.8 Å². The summed E-state index contributed by atoms with van der Waals surface area (Å²) in [6, 6.07) is 14.0. The predicted octanol–water partition coefficient (Wildman–Crippen LogP) is 3.49. The van der Waals surface area contributed by atoms with E-state index in [1.165, 1.54) is 12.3 Å². The Morgan fingerprint density at radius 1 is 1.18 bits per heavy atom. The molecule has 0 saturated heterocycles. The second-order valence-corrected chi connectivity index (χ2v) is 7.56. The van der Waals surface area contributed by atoms with E-state index < -0.39 is 5.95 Å². The van der Waals surface area contributed by atoms with E-state index >= 15 is 0 Å². The van der Waals surface area contributed by atoms with Gasteiger partial charge in [-0.15, -0.1) is 0 Å². The lowest BCUT2D eigenvalue weighted by Crippen LogP contribution is -2.30. The predicted molar refractivity (Wildman–Crippen MR) is 120 cm³/mol. The molecule has 1 unspecified atom stereocenters. The largest absolute Gasteiger partial charge is 0.489 e. The maximum absolute atomic E-state index is 13.1. The van der Waals surface area contributed by atoms with E-state index in [1.54, 1.807) is 41.2 Å². The maximum atomic E-state index is 13.1. The van der Waals surface area contributed by atoms with Crippen molar-refractivity contribution in [3.05, 3.63) is 84.8 Å². The third-order valence-corrected chi connectivity index (χ3v) is 5.25. The molecule has 8 nitrogen and oxygen atoms in total. The van der Waals surface area contributed by atoms with Gasteiger partial charge in [0.1, 0.15) is 18.0 Å². The van der Waals surface area contributed by atoms with Crippen LogP contribution in [0.15, 0.2) is 78.5 Å². The van der Waals surface area contributed by atoms with E-state index in [-0.39, 0.29) is 25.2 Å². The normalized spacial score (nSPS) is 15.2. The molecule has 1 amide bonds. The zero-order valence-electron chi connectivity index (χ0n) is 17.5. The molecule has 33 heavy (non-hydrogen) atoms. The number of nitrogens with one attached hydrogen (secondary N) is 1. The number of aromatic nitrogens is 3. The molecule has 5 rings (SSSR count). The summed E-state index contributed by atoms with van der Waals surface area (Å²) >= 11 is 0. The van der Waals surface area contributed by atoms with Crippen LogP contribution in [0.25, 0.3) is 16.8 Å². The second-order valence-electron chi connectivity index (χ2n) is 7.56. The molecule has 1 aliphatic rings. The first kappa shape index (κ1) is 20.6. The number of pyridine rings is 2. The van der Waals surface area contributed by atoms with Crippen molar-refractivity contribution >= 4 is 17.3 Å². The molecule has 3 aromatic heterocycles. The van der Waals surface area contributed by atoms with Gasteiger partial charge in [-0.25, -0.2) is 9.97 Å². The fourth-order valence-corrected chi connectivity index (χ4v) is 3.57. The highest BCUT2D eigenvalue weighted by molar-refractivity contribution is 5.98. The number of carbonyl (C=O) groups is 1. The van der Waals surface area contributed by atoms with Gasteiger partial charge in [-0.3, -0.25) is 4.79 Å². The fourth-order valence-electron chi connectivity index (χ4n) is 3.57. The van der Waals surface area contributed by atoms with Crippen molar-refractivity contribution in [2.45, 2.75) is 12.5 Å². The van der Waals surface area contributed by atoms with Crippen LogP contribution in [0.1, 0.15) is 16.8 Å². The molecule has 0 radical (unpaired) electrons. The summed E-state index contributed by atoms with van der Waals surface area (Å²) in [6.45, 7) is 0.568. The van der Waals surface area contributed by atoms with Crippen molar-refractivity contribution in [2.24, 2.45) is 5.16 Å². The third kappa shape index (κ3) is 4.67. The molecule has 1 aliphatic heterocycles. The summed E-state index contributed by atoms with van der Waals surface area (Å²) in [5, 5.41) is 6.95. The number of hydrogen-bond acceptors (Lipinski definition) is 6. The van der Waals surface area contributed by atoms with E-state index in [4.69, 9.17) is 9.57 Å². The minimum Gasteiger partial charge on any atom is -0.489 e. The van der Waals surface area contributed by atoms with Crippen molar-refractivity contribution < 1.29 is 18.8 Å². The second kappa shape index (κ2) is 9.07. The smallest absolute Gasteiger partial charge is 0.253 e. The lowest BCUT2D eigenvalue weighted by atomic mass is 10.1. The average molecular weight is 445 g/mol. The highest BCUT2D eigenvalue weighted by Gasteiger charge is 2.23. The molecule has 1 atom stereocenters. The Morgan fingerprint density at radius 3 is 2.97 bits per heavy atom. The number of carbonyl (C=O) groups excluding carboxylic acids is 1. The number of hydrogen-bond donors (Lipinski definition) is 1. The summed E-state index contributed by atoms with van der Waals surface area (Å²) in [5.41, 5.74) is 3.61. The zero-order chi connectivity index (χ0) is 22.6. The average Bonchev–Trinajstić information content (AvgIpc) is 3.51. The van der Waals surface area contributed by atoms with Gasteiger partial charge in [0.25, 0.3) is 5.91 Å². The van der Waals surface area contributed by atoms with Gasteiger partial charge >= 0.3 is 0 Å². The summed E-state index contributed by atoms with van der Waals surface area (Å²) in [7, 11) is 0. The summed E-state index contributed by atoms with van der Waals surface area (Å²) in [6.07, 6.45) is 6.95. The SMILES string of the molecule is O=C(NCC1=NOC(COc2ccccc2-c2ccc(F)nc2)C1)c1ccc2nccn2c1. The molecular formula is C24H20FN5O3. The van der Waals surface area contributed by atoms with Gasteiger partial charge in [-0.05, 0) is 30.3 Å². The minimum absolute atomic E-state index is 0.199. The van der Waals surface area contributed by atoms with Crippen LogP contribution in [-0.2, 0) is 4.84 Å². The number of ether oxygens (including phenoxy) is 1. The standard InChI is InChI=1S/C24H20FN5O3/c25-22-7-5-16(12-27-22)20-3-1-2-4-21(20)32-15-19-11-18(29-33-19)13-28-24(31)17-6-8-23-26-9-10-30(23)14-17/h1-10,12,14,19H,11,13,15H2,(H,28,31). The summed E-state index contributed by atoms with van der Waals surface area (Å²) in [5.74, 6) is -0.0865. The topological polar surface area (TPSA) is 90.1 Å². The van der Waals surface area contributed by atoms with Crippen LogP contribution in [0, 0.1) is 5.95 Å². The fraction of sp³-hybridized carbons (Fsp3) is 0.167. The van der Waals surface area contributed by atoms with E-state index in [0.717, 1.165) is 22.5 Å². The number of nitrogens with zero attached hydrogens (tertiary/aromatic N) is 4. The molecule has 4 heterocycles. The van der Waals surface area contributed by atoms with Crippen LogP contribution in [0.5, 0.6) is 5.75 Å². The number of fused-ring (bicyclic) bond motifs is 1. The van der Waals surface area contributed by atoms with E-state index in [1.807, 2.05) is 24.3 Å². The number of halogens is 1. The van der Waals surface area contributed by atoms with Crippen LogP contribution in [0.2, 0.25) is 0 Å². The molecule has 166 valence electrons. The summed E-state index contributed by atoms with van der Waals surface area (Å²) in [4.78, 5) is 25.8. The lowest BCUT2D eigenvalue weighted by molar-refractivity contribution is 0.0472. The molecule has 0 saturated carbocycles. The zero-order valence-corrected chi connectivity index (χ0v) is 17.5. The Hall–Kier alpha value is -4.27.